The summed E-state index contributed by atoms with van der Waals surface area (Å²) in [5.74, 6) is 0.299. The van der Waals surface area contributed by atoms with Crippen LogP contribution in [0, 0.1) is 0 Å². The van der Waals surface area contributed by atoms with Gasteiger partial charge < -0.3 is 10.2 Å². The minimum absolute atomic E-state index is 0.0412. The van der Waals surface area contributed by atoms with Crippen molar-refractivity contribution in [2.24, 2.45) is 0 Å². The molecule has 0 aliphatic carbocycles. The zero-order valence-electron chi connectivity index (χ0n) is 9.41. The summed E-state index contributed by atoms with van der Waals surface area (Å²) in [7, 11) is 0.447. The van der Waals surface area contributed by atoms with E-state index in [4.69, 9.17) is 0 Å². The number of hydrogen-bond donors (Lipinski definition) is 1. The third-order valence-electron chi connectivity index (χ3n) is 2.67. The van der Waals surface area contributed by atoms with E-state index in [2.05, 4.69) is 5.32 Å². The lowest BCUT2D eigenvalue weighted by atomic mass is 10.0. The second kappa shape index (κ2) is 4.09. The van der Waals surface area contributed by atoms with Gasteiger partial charge in [0.1, 0.15) is 0 Å². The second-order valence-electron chi connectivity index (χ2n) is 4.54. The van der Waals surface area contributed by atoms with Gasteiger partial charge in [-0.25, -0.2) is 8.42 Å². The van der Waals surface area contributed by atoms with Crippen LogP contribution in [0.4, 0.5) is 0 Å². The fraction of sp³-hybridized carbons (Fsp3) is 0.889. The van der Waals surface area contributed by atoms with Crippen molar-refractivity contribution in [2.45, 2.75) is 18.9 Å². The number of amides is 1. The zero-order valence-corrected chi connectivity index (χ0v) is 10.2. The van der Waals surface area contributed by atoms with Crippen LogP contribution in [0.3, 0.4) is 0 Å². The molecule has 0 aromatic heterocycles. The number of carbonyl (C=O) groups is 1. The summed E-state index contributed by atoms with van der Waals surface area (Å²) in [5, 5.41) is 3.02. The standard InChI is InChI=1S/C9H18N2O3S/c1-9(4-5-15(13,14)7-9)10-6-8(12)11(2)3/h10H,4-7H2,1-3H3. The van der Waals surface area contributed by atoms with Gasteiger partial charge >= 0.3 is 0 Å². The van der Waals surface area contributed by atoms with E-state index in [1.54, 1.807) is 14.1 Å². The lowest BCUT2D eigenvalue weighted by Crippen LogP contribution is -2.47. The molecule has 0 bridgehead atoms. The quantitative estimate of drug-likeness (QED) is 0.697. The molecule has 1 aliphatic rings. The molecule has 0 aromatic rings. The maximum absolute atomic E-state index is 11.3. The Morgan fingerprint density at radius 1 is 1.47 bits per heavy atom. The average molecular weight is 234 g/mol. The molecule has 1 N–H and O–H groups in total. The number of nitrogens with one attached hydrogen (secondary N) is 1. The third-order valence-corrected chi connectivity index (χ3v) is 4.57. The van der Waals surface area contributed by atoms with Crippen LogP contribution in [-0.4, -0.2) is 56.9 Å². The van der Waals surface area contributed by atoms with Gasteiger partial charge in [-0.1, -0.05) is 0 Å². The summed E-state index contributed by atoms with van der Waals surface area (Å²) in [6, 6.07) is 0. The smallest absolute Gasteiger partial charge is 0.236 e. The molecule has 0 spiro atoms. The maximum Gasteiger partial charge on any atom is 0.236 e. The average Bonchev–Trinajstić information content (AvgIpc) is 2.37. The van der Waals surface area contributed by atoms with Crippen molar-refractivity contribution in [3.63, 3.8) is 0 Å². The van der Waals surface area contributed by atoms with Crippen LogP contribution in [0.5, 0.6) is 0 Å². The SMILES string of the molecule is CN(C)C(=O)CNC1(C)CCS(=O)(=O)C1. The van der Waals surface area contributed by atoms with E-state index in [1.807, 2.05) is 6.92 Å². The van der Waals surface area contributed by atoms with Crippen LogP contribution in [0.25, 0.3) is 0 Å². The summed E-state index contributed by atoms with van der Waals surface area (Å²) in [6.45, 7) is 2.04. The van der Waals surface area contributed by atoms with Crippen LogP contribution in [0.15, 0.2) is 0 Å². The third kappa shape index (κ3) is 3.46. The van der Waals surface area contributed by atoms with E-state index in [-0.39, 0.29) is 24.0 Å². The molecule has 15 heavy (non-hydrogen) atoms. The van der Waals surface area contributed by atoms with Crippen LogP contribution in [-0.2, 0) is 14.6 Å². The molecule has 1 rings (SSSR count). The summed E-state index contributed by atoms with van der Waals surface area (Å²) in [4.78, 5) is 12.8. The molecule has 1 heterocycles. The van der Waals surface area contributed by atoms with Crippen molar-refractivity contribution >= 4 is 15.7 Å². The molecule has 1 amide bonds. The van der Waals surface area contributed by atoms with Crippen molar-refractivity contribution in [2.75, 3.05) is 32.1 Å². The number of hydrogen-bond acceptors (Lipinski definition) is 4. The Bertz CT molecular complexity index is 350. The van der Waals surface area contributed by atoms with E-state index >= 15 is 0 Å². The highest BCUT2D eigenvalue weighted by molar-refractivity contribution is 7.91. The van der Waals surface area contributed by atoms with Crippen molar-refractivity contribution < 1.29 is 13.2 Å². The van der Waals surface area contributed by atoms with Crippen LogP contribution in [0.1, 0.15) is 13.3 Å². The lowest BCUT2D eigenvalue weighted by molar-refractivity contribution is -0.128. The van der Waals surface area contributed by atoms with Gasteiger partial charge in [-0.2, -0.15) is 0 Å². The summed E-state index contributed by atoms with van der Waals surface area (Å²) < 4.78 is 22.6. The van der Waals surface area contributed by atoms with E-state index in [9.17, 15) is 13.2 Å². The minimum atomic E-state index is -2.91. The van der Waals surface area contributed by atoms with Gasteiger partial charge in [0, 0.05) is 19.6 Å². The number of nitrogens with zero attached hydrogens (tertiary/aromatic N) is 1. The Labute approximate surface area is 90.7 Å². The number of likely N-dealkylation sites (N-methyl/N-ethyl adjacent to an activating group) is 1. The van der Waals surface area contributed by atoms with Crippen molar-refractivity contribution in [1.29, 1.82) is 0 Å². The molecule has 1 fully saturated rings. The molecule has 0 saturated carbocycles. The zero-order chi connectivity index (χ0) is 11.7. The largest absolute Gasteiger partial charge is 0.348 e. The first kappa shape index (κ1) is 12.4. The number of rotatable bonds is 3. The summed E-state index contributed by atoms with van der Waals surface area (Å²) in [5.41, 5.74) is -0.440. The van der Waals surface area contributed by atoms with Gasteiger partial charge in [0.05, 0.1) is 18.1 Å². The Hall–Kier alpha value is -0.620. The molecule has 1 unspecified atom stereocenters. The fourth-order valence-electron chi connectivity index (χ4n) is 1.60. The molecule has 1 atom stereocenters. The number of carbonyl (C=O) groups excluding carboxylic acids is 1. The Kier molecular flexibility index (Phi) is 3.40. The van der Waals surface area contributed by atoms with E-state index in [0.717, 1.165) is 0 Å². The minimum Gasteiger partial charge on any atom is -0.348 e. The molecular weight excluding hydrogens is 216 g/mol. The van der Waals surface area contributed by atoms with Gasteiger partial charge in [0.15, 0.2) is 9.84 Å². The summed E-state index contributed by atoms with van der Waals surface area (Å²) in [6.07, 6.45) is 0.579. The predicted octanol–water partition coefficient (Wildman–Crippen LogP) is -0.759. The van der Waals surface area contributed by atoms with Crippen LogP contribution < -0.4 is 5.32 Å². The highest BCUT2D eigenvalue weighted by Crippen LogP contribution is 2.22. The van der Waals surface area contributed by atoms with Gasteiger partial charge in [0.25, 0.3) is 0 Å². The molecule has 1 saturated heterocycles. The van der Waals surface area contributed by atoms with Gasteiger partial charge in [-0.05, 0) is 13.3 Å². The maximum atomic E-state index is 11.3. The molecule has 0 radical (unpaired) electrons. The highest BCUT2D eigenvalue weighted by atomic mass is 32.2. The van der Waals surface area contributed by atoms with Gasteiger partial charge in [-0.3, -0.25) is 4.79 Å². The van der Waals surface area contributed by atoms with Crippen LogP contribution in [0.2, 0.25) is 0 Å². The Morgan fingerprint density at radius 2 is 2.07 bits per heavy atom. The van der Waals surface area contributed by atoms with Crippen molar-refractivity contribution in [3.8, 4) is 0 Å². The fourth-order valence-corrected chi connectivity index (χ4v) is 3.72. The van der Waals surface area contributed by atoms with Crippen molar-refractivity contribution in [3.05, 3.63) is 0 Å². The molecule has 6 heteroatoms. The number of sulfone groups is 1. The molecular formula is C9H18N2O3S. The molecule has 88 valence electrons. The Balaban J connectivity index is 2.50. The molecule has 5 nitrogen and oxygen atoms in total. The monoisotopic (exact) mass is 234 g/mol. The van der Waals surface area contributed by atoms with Crippen molar-refractivity contribution in [1.82, 2.24) is 10.2 Å². The second-order valence-corrected chi connectivity index (χ2v) is 6.73. The predicted molar refractivity (Wildman–Crippen MR) is 58.4 cm³/mol. The lowest BCUT2D eigenvalue weighted by Gasteiger charge is -2.24. The van der Waals surface area contributed by atoms with Gasteiger partial charge in [-0.15, -0.1) is 0 Å². The van der Waals surface area contributed by atoms with E-state index < -0.39 is 15.4 Å². The Morgan fingerprint density at radius 3 is 2.47 bits per heavy atom. The van der Waals surface area contributed by atoms with E-state index in [1.165, 1.54) is 4.90 Å². The van der Waals surface area contributed by atoms with Crippen LogP contribution >= 0.6 is 0 Å². The first-order valence-electron chi connectivity index (χ1n) is 4.90. The van der Waals surface area contributed by atoms with Gasteiger partial charge in [0.2, 0.25) is 5.91 Å². The first-order chi connectivity index (χ1) is 6.74. The topological polar surface area (TPSA) is 66.5 Å². The summed E-state index contributed by atoms with van der Waals surface area (Å²) >= 11 is 0. The molecule has 0 aromatic carbocycles. The molecule has 1 aliphatic heterocycles. The first-order valence-corrected chi connectivity index (χ1v) is 6.72. The highest BCUT2D eigenvalue weighted by Gasteiger charge is 2.38. The normalized spacial score (nSPS) is 29.0. The van der Waals surface area contributed by atoms with E-state index in [0.29, 0.717) is 6.42 Å².